The highest BCUT2D eigenvalue weighted by atomic mass is 79.9. The average molecular weight is 338 g/mol. The largest absolute Gasteiger partial charge is 0.359 e. The van der Waals surface area contributed by atoms with Crippen LogP contribution in [0.15, 0.2) is 16.7 Å². The van der Waals surface area contributed by atoms with Gasteiger partial charge < -0.3 is 10.2 Å². The van der Waals surface area contributed by atoms with Gasteiger partial charge in [-0.05, 0) is 53.6 Å². The lowest BCUT2D eigenvalue weighted by Crippen LogP contribution is -2.27. The molecule has 2 saturated carbocycles. The molecule has 0 saturated heterocycles. The van der Waals surface area contributed by atoms with E-state index in [0.717, 1.165) is 35.3 Å². The monoisotopic (exact) mass is 337 g/mol. The van der Waals surface area contributed by atoms with E-state index >= 15 is 0 Å². The predicted molar refractivity (Wildman–Crippen MR) is 87.0 cm³/mol. The highest BCUT2D eigenvalue weighted by Crippen LogP contribution is 2.28. The first-order chi connectivity index (χ1) is 9.72. The molecule has 20 heavy (non-hydrogen) atoms. The SMILES string of the molecule is CN(CC1CCCC1)c1ncc(Br)cc1CNC1CC1. The van der Waals surface area contributed by atoms with Crippen LogP contribution in [0.4, 0.5) is 5.82 Å². The molecule has 2 aliphatic rings. The van der Waals surface area contributed by atoms with E-state index in [-0.39, 0.29) is 0 Å². The van der Waals surface area contributed by atoms with E-state index in [1.54, 1.807) is 0 Å². The van der Waals surface area contributed by atoms with Crippen LogP contribution in [0, 0.1) is 5.92 Å². The normalized spacial score (nSPS) is 19.5. The van der Waals surface area contributed by atoms with Crippen LogP contribution in [0.1, 0.15) is 44.1 Å². The third kappa shape index (κ3) is 3.73. The lowest BCUT2D eigenvalue weighted by Gasteiger charge is -2.24. The molecular weight excluding hydrogens is 314 g/mol. The van der Waals surface area contributed by atoms with Crippen LogP contribution in [0.25, 0.3) is 0 Å². The molecule has 1 aromatic heterocycles. The predicted octanol–water partition coefficient (Wildman–Crippen LogP) is 3.72. The number of hydrogen-bond donors (Lipinski definition) is 1. The van der Waals surface area contributed by atoms with Gasteiger partial charge in [-0.25, -0.2) is 4.98 Å². The molecule has 1 aromatic rings. The number of aromatic nitrogens is 1. The summed E-state index contributed by atoms with van der Waals surface area (Å²) in [5.41, 5.74) is 1.31. The summed E-state index contributed by atoms with van der Waals surface area (Å²) in [4.78, 5) is 7.01. The molecule has 0 bridgehead atoms. The van der Waals surface area contributed by atoms with Crippen molar-refractivity contribution >= 4 is 21.7 Å². The van der Waals surface area contributed by atoms with Crippen molar-refractivity contribution in [2.75, 3.05) is 18.5 Å². The van der Waals surface area contributed by atoms with Crippen LogP contribution in [-0.2, 0) is 6.54 Å². The van der Waals surface area contributed by atoms with Crippen molar-refractivity contribution in [1.82, 2.24) is 10.3 Å². The molecule has 0 atom stereocenters. The topological polar surface area (TPSA) is 28.2 Å². The lowest BCUT2D eigenvalue weighted by molar-refractivity contribution is 0.543. The Morgan fingerprint density at radius 3 is 2.75 bits per heavy atom. The Labute approximate surface area is 130 Å². The number of rotatable bonds is 6. The van der Waals surface area contributed by atoms with Crippen molar-refractivity contribution in [3.63, 3.8) is 0 Å². The number of nitrogens with one attached hydrogen (secondary N) is 1. The number of hydrogen-bond acceptors (Lipinski definition) is 3. The summed E-state index contributed by atoms with van der Waals surface area (Å²) in [6, 6.07) is 2.95. The summed E-state index contributed by atoms with van der Waals surface area (Å²) >= 11 is 3.55. The summed E-state index contributed by atoms with van der Waals surface area (Å²) in [6.45, 7) is 2.08. The summed E-state index contributed by atoms with van der Waals surface area (Å²) < 4.78 is 1.07. The minimum absolute atomic E-state index is 0.738. The Balaban J connectivity index is 1.68. The number of pyridine rings is 1. The zero-order chi connectivity index (χ0) is 13.9. The molecule has 0 spiro atoms. The third-order valence-corrected chi connectivity index (χ3v) is 4.87. The van der Waals surface area contributed by atoms with Gasteiger partial charge in [-0.2, -0.15) is 0 Å². The fourth-order valence-corrected chi connectivity index (χ4v) is 3.53. The van der Waals surface area contributed by atoms with Crippen LogP contribution in [0.2, 0.25) is 0 Å². The molecular formula is C16H24BrN3. The molecule has 3 nitrogen and oxygen atoms in total. The maximum Gasteiger partial charge on any atom is 0.132 e. The van der Waals surface area contributed by atoms with E-state index < -0.39 is 0 Å². The quantitative estimate of drug-likeness (QED) is 0.857. The molecule has 110 valence electrons. The first kappa shape index (κ1) is 14.3. The number of anilines is 1. The van der Waals surface area contributed by atoms with Crippen molar-refractivity contribution in [2.45, 2.75) is 51.1 Å². The zero-order valence-electron chi connectivity index (χ0n) is 12.2. The van der Waals surface area contributed by atoms with Gasteiger partial charge >= 0.3 is 0 Å². The van der Waals surface area contributed by atoms with Gasteiger partial charge in [0.25, 0.3) is 0 Å². The zero-order valence-corrected chi connectivity index (χ0v) is 13.8. The molecule has 0 aromatic carbocycles. The molecule has 0 aliphatic heterocycles. The first-order valence-electron chi connectivity index (χ1n) is 7.81. The van der Waals surface area contributed by atoms with Crippen LogP contribution < -0.4 is 10.2 Å². The van der Waals surface area contributed by atoms with Crippen molar-refractivity contribution in [3.05, 3.63) is 22.3 Å². The maximum absolute atomic E-state index is 4.66. The molecule has 2 fully saturated rings. The molecule has 0 amide bonds. The Kier molecular flexibility index (Phi) is 4.61. The Morgan fingerprint density at radius 2 is 2.05 bits per heavy atom. The minimum Gasteiger partial charge on any atom is -0.359 e. The number of nitrogens with zero attached hydrogens (tertiary/aromatic N) is 2. The van der Waals surface area contributed by atoms with Gasteiger partial charge in [-0.3, -0.25) is 0 Å². The Hall–Kier alpha value is -0.610. The summed E-state index contributed by atoms with van der Waals surface area (Å²) in [7, 11) is 2.19. The Morgan fingerprint density at radius 1 is 1.30 bits per heavy atom. The van der Waals surface area contributed by atoms with Crippen molar-refractivity contribution in [3.8, 4) is 0 Å². The van der Waals surface area contributed by atoms with Gasteiger partial charge in [0.15, 0.2) is 0 Å². The van der Waals surface area contributed by atoms with Gasteiger partial charge in [-0.15, -0.1) is 0 Å². The third-order valence-electron chi connectivity index (χ3n) is 4.44. The Bertz CT molecular complexity index is 453. The number of halogens is 1. The lowest BCUT2D eigenvalue weighted by atomic mass is 10.1. The fraction of sp³-hybridized carbons (Fsp3) is 0.688. The minimum atomic E-state index is 0.738. The average Bonchev–Trinajstić information content (AvgIpc) is 3.13. The van der Waals surface area contributed by atoms with Crippen LogP contribution >= 0.6 is 15.9 Å². The van der Waals surface area contributed by atoms with E-state index in [0.29, 0.717) is 0 Å². The van der Waals surface area contributed by atoms with Crippen molar-refractivity contribution in [2.24, 2.45) is 5.92 Å². The van der Waals surface area contributed by atoms with E-state index in [2.05, 4.69) is 44.2 Å². The van der Waals surface area contributed by atoms with Gasteiger partial charge in [0.2, 0.25) is 0 Å². The van der Waals surface area contributed by atoms with Crippen LogP contribution in [0.3, 0.4) is 0 Å². The van der Waals surface area contributed by atoms with E-state index in [4.69, 9.17) is 0 Å². The van der Waals surface area contributed by atoms with Gasteiger partial charge in [0, 0.05) is 42.4 Å². The second kappa shape index (κ2) is 6.44. The van der Waals surface area contributed by atoms with Crippen LogP contribution in [0.5, 0.6) is 0 Å². The molecule has 3 rings (SSSR count). The van der Waals surface area contributed by atoms with Gasteiger partial charge in [0.05, 0.1) is 0 Å². The summed E-state index contributed by atoms with van der Waals surface area (Å²) in [5, 5.41) is 3.60. The molecule has 0 unspecified atom stereocenters. The van der Waals surface area contributed by atoms with Gasteiger partial charge in [0.1, 0.15) is 5.82 Å². The second-order valence-electron chi connectivity index (χ2n) is 6.32. The summed E-state index contributed by atoms with van der Waals surface area (Å²) in [5.74, 6) is 2.00. The molecule has 0 radical (unpaired) electrons. The molecule has 4 heteroatoms. The standard InChI is InChI=1S/C16H24BrN3/c1-20(11-12-4-2-3-5-12)16-13(8-14(17)10-19-16)9-18-15-6-7-15/h8,10,12,15,18H,2-7,9,11H2,1H3. The molecule has 1 heterocycles. The van der Waals surface area contributed by atoms with Crippen molar-refractivity contribution in [1.29, 1.82) is 0 Å². The van der Waals surface area contributed by atoms with Crippen LogP contribution in [-0.4, -0.2) is 24.6 Å². The van der Waals surface area contributed by atoms with E-state index in [1.165, 1.54) is 44.1 Å². The smallest absolute Gasteiger partial charge is 0.132 e. The highest BCUT2D eigenvalue weighted by molar-refractivity contribution is 9.10. The first-order valence-corrected chi connectivity index (χ1v) is 8.60. The molecule has 2 aliphatic carbocycles. The molecule has 1 N–H and O–H groups in total. The maximum atomic E-state index is 4.66. The van der Waals surface area contributed by atoms with E-state index in [9.17, 15) is 0 Å². The fourth-order valence-electron chi connectivity index (χ4n) is 3.16. The van der Waals surface area contributed by atoms with Gasteiger partial charge in [-0.1, -0.05) is 12.8 Å². The summed E-state index contributed by atoms with van der Waals surface area (Å²) in [6.07, 6.45) is 10.2. The second-order valence-corrected chi connectivity index (χ2v) is 7.24. The van der Waals surface area contributed by atoms with Crippen molar-refractivity contribution < 1.29 is 0 Å². The highest BCUT2D eigenvalue weighted by Gasteiger charge is 2.22. The van der Waals surface area contributed by atoms with E-state index in [1.807, 2.05) is 6.20 Å².